The highest BCUT2D eigenvalue weighted by Gasteiger charge is 2.21. The highest BCUT2D eigenvalue weighted by molar-refractivity contribution is 5.94. The molecule has 1 saturated heterocycles. The number of nitrogens with zero attached hydrogens (tertiary/aromatic N) is 6. The lowest BCUT2D eigenvalue weighted by atomic mass is 10.1. The van der Waals surface area contributed by atoms with E-state index in [1.807, 2.05) is 25.1 Å². The summed E-state index contributed by atoms with van der Waals surface area (Å²) >= 11 is 0. The van der Waals surface area contributed by atoms with Gasteiger partial charge in [-0.25, -0.2) is 13.9 Å². The lowest BCUT2D eigenvalue weighted by Gasteiger charge is -2.34. The summed E-state index contributed by atoms with van der Waals surface area (Å²) in [5.74, 6) is 6.33. The number of rotatable bonds is 5. The number of aromatic nitrogens is 3. The van der Waals surface area contributed by atoms with E-state index in [4.69, 9.17) is 9.47 Å². The van der Waals surface area contributed by atoms with E-state index in [1.165, 1.54) is 25.4 Å². The third-order valence-electron chi connectivity index (χ3n) is 6.39. The minimum absolute atomic E-state index is 0.312. The van der Waals surface area contributed by atoms with Crippen LogP contribution in [0.5, 0.6) is 11.5 Å². The second kappa shape index (κ2) is 11.1. The van der Waals surface area contributed by atoms with Crippen molar-refractivity contribution >= 4 is 17.2 Å². The van der Waals surface area contributed by atoms with E-state index in [0.717, 1.165) is 16.9 Å². The van der Waals surface area contributed by atoms with Crippen LogP contribution in [-0.4, -0.2) is 65.3 Å². The Labute approximate surface area is 225 Å². The molecule has 1 aliphatic rings. The van der Waals surface area contributed by atoms with Gasteiger partial charge in [0.25, 0.3) is 5.91 Å². The summed E-state index contributed by atoms with van der Waals surface area (Å²) in [6.45, 7) is 4.58. The van der Waals surface area contributed by atoms with Gasteiger partial charge in [0, 0.05) is 61.1 Å². The second-order valence-corrected chi connectivity index (χ2v) is 8.80. The summed E-state index contributed by atoms with van der Waals surface area (Å²) in [5.41, 5.74) is 3.18. The van der Waals surface area contributed by atoms with Crippen LogP contribution in [0.2, 0.25) is 0 Å². The molecule has 0 bridgehead atoms. The lowest BCUT2D eigenvalue weighted by molar-refractivity contribution is -0.125. The Morgan fingerprint density at radius 1 is 1.10 bits per heavy atom. The summed E-state index contributed by atoms with van der Waals surface area (Å²) < 4.78 is 26.1. The van der Waals surface area contributed by atoms with Gasteiger partial charge in [0.15, 0.2) is 0 Å². The monoisotopic (exact) mass is 524 g/mol. The van der Waals surface area contributed by atoms with E-state index in [1.54, 1.807) is 27.9 Å². The van der Waals surface area contributed by atoms with Gasteiger partial charge in [-0.1, -0.05) is 5.92 Å². The van der Waals surface area contributed by atoms with Gasteiger partial charge >= 0.3 is 0 Å². The number of fused-ring (bicyclic) bond motifs is 1. The van der Waals surface area contributed by atoms with Crippen LogP contribution in [0, 0.1) is 29.0 Å². The maximum atomic E-state index is 13.7. The SMILES string of the molecule is CCOc1cc(-c2ccc(N3CCN(C(=O)C#Cc4cc(F)cc(OC)c4)CC3)nc2)c2c(C#N)cnn2c1. The lowest BCUT2D eigenvalue weighted by Crippen LogP contribution is -2.48. The standard InChI is InChI=1S/C29H25FN6O3/c1-3-39-25-15-26(29-22(16-31)18-33-36(29)19-25)21-5-6-27(32-17-21)34-8-10-35(11-9-34)28(37)7-4-20-12-23(30)14-24(13-20)38-2/h5-6,12-15,17-19H,3,8-11H2,1-2H3. The van der Waals surface area contributed by atoms with Crippen LogP contribution in [0.25, 0.3) is 16.6 Å². The smallest absolute Gasteiger partial charge is 0.298 e. The van der Waals surface area contributed by atoms with Crippen molar-refractivity contribution in [1.82, 2.24) is 19.5 Å². The third kappa shape index (κ3) is 5.46. The van der Waals surface area contributed by atoms with Crippen molar-refractivity contribution in [1.29, 1.82) is 5.26 Å². The van der Waals surface area contributed by atoms with E-state index in [9.17, 15) is 14.4 Å². The largest absolute Gasteiger partial charge is 0.497 e. The molecule has 4 aromatic rings. The molecule has 0 atom stereocenters. The number of ether oxygens (including phenoxy) is 2. The number of carbonyl (C=O) groups is 1. The minimum atomic E-state index is -0.472. The highest BCUT2D eigenvalue weighted by Crippen LogP contribution is 2.31. The van der Waals surface area contributed by atoms with E-state index >= 15 is 0 Å². The van der Waals surface area contributed by atoms with Gasteiger partial charge < -0.3 is 19.3 Å². The first-order chi connectivity index (χ1) is 19.0. The first kappa shape index (κ1) is 25.6. The van der Waals surface area contributed by atoms with Crippen molar-refractivity contribution in [2.24, 2.45) is 0 Å². The molecule has 1 aliphatic heterocycles. The van der Waals surface area contributed by atoms with E-state index in [-0.39, 0.29) is 5.91 Å². The summed E-state index contributed by atoms with van der Waals surface area (Å²) in [4.78, 5) is 21.1. The molecule has 0 radical (unpaired) electrons. The summed E-state index contributed by atoms with van der Waals surface area (Å²) in [6.07, 6.45) is 5.06. The summed E-state index contributed by atoms with van der Waals surface area (Å²) in [7, 11) is 1.45. The molecule has 4 heterocycles. The molecule has 1 aromatic carbocycles. The Kier molecular flexibility index (Phi) is 7.28. The number of methoxy groups -OCH3 is 1. The van der Waals surface area contributed by atoms with Crippen LogP contribution >= 0.6 is 0 Å². The number of pyridine rings is 2. The van der Waals surface area contributed by atoms with Crippen molar-refractivity contribution in [2.45, 2.75) is 6.92 Å². The molecule has 10 heteroatoms. The molecule has 0 saturated carbocycles. The Morgan fingerprint density at radius 2 is 1.92 bits per heavy atom. The molecule has 0 N–H and O–H groups in total. The molecule has 1 amide bonds. The van der Waals surface area contributed by atoms with Gasteiger partial charge in [0.2, 0.25) is 0 Å². The van der Waals surface area contributed by atoms with Gasteiger partial charge in [-0.15, -0.1) is 0 Å². The molecular weight excluding hydrogens is 499 g/mol. The minimum Gasteiger partial charge on any atom is -0.497 e. The number of carbonyl (C=O) groups excluding carboxylic acids is 1. The molecule has 5 rings (SSSR count). The molecular formula is C29H25FN6O3. The van der Waals surface area contributed by atoms with E-state index < -0.39 is 5.82 Å². The molecule has 0 unspecified atom stereocenters. The average molecular weight is 525 g/mol. The Bertz CT molecular complexity index is 1620. The van der Waals surface area contributed by atoms with Crippen molar-refractivity contribution in [2.75, 3.05) is 44.8 Å². The zero-order valence-electron chi connectivity index (χ0n) is 21.5. The van der Waals surface area contributed by atoms with Crippen LogP contribution in [0.15, 0.2) is 55.0 Å². The number of halogens is 1. The molecule has 9 nitrogen and oxygen atoms in total. The maximum absolute atomic E-state index is 13.7. The normalized spacial score (nSPS) is 13.0. The molecule has 0 aliphatic carbocycles. The summed E-state index contributed by atoms with van der Waals surface area (Å²) in [6, 6.07) is 12.1. The van der Waals surface area contributed by atoms with Gasteiger partial charge in [-0.05, 0) is 37.3 Å². The van der Waals surface area contributed by atoms with Crippen LogP contribution in [0.3, 0.4) is 0 Å². The van der Waals surface area contributed by atoms with Crippen molar-refractivity contribution in [3.63, 3.8) is 0 Å². The average Bonchev–Trinajstić information content (AvgIpc) is 3.38. The molecule has 39 heavy (non-hydrogen) atoms. The number of nitriles is 1. The first-order valence-electron chi connectivity index (χ1n) is 12.4. The fourth-order valence-electron chi connectivity index (χ4n) is 4.47. The molecule has 3 aromatic heterocycles. The van der Waals surface area contributed by atoms with Gasteiger partial charge in [0.1, 0.15) is 29.2 Å². The predicted molar refractivity (Wildman–Crippen MR) is 143 cm³/mol. The van der Waals surface area contributed by atoms with Crippen molar-refractivity contribution < 1.29 is 18.7 Å². The van der Waals surface area contributed by atoms with E-state index in [2.05, 4.69) is 32.9 Å². The van der Waals surface area contributed by atoms with Gasteiger partial charge in [-0.2, -0.15) is 10.4 Å². The quantitative estimate of drug-likeness (QED) is 0.369. The number of anilines is 1. The zero-order valence-corrected chi connectivity index (χ0v) is 21.5. The predicted octanol–water partition coefficient (Wildman–Crippen LogP) is 3.51. The van der Waals surface area contributed by atoms with Crippen LogP contribution < -0.4 is 14.4 Å². The second-order valence-electron chi connectivity index (χ2n) is 8.80. The number of amides is 1. The topological polar surface area (TPSA) is 96.0 Å². The Morgan fingerprint density at radius 3 is 2.62 bits per heavy atom. The molecule has 196 valence electrons. The van der Waals surface area contributed by atoms with Gasteiger partial charge in [-0.3, -0.25) is 4.79 Å². The fourth-order valence-corrected chi connectivity index (χ4v) is 4.47. The van der Waals surface area contributed by atoms with Crippen LogP contribution in [-0.2, 0) is 4.79 Å². The molecule has 0 spiro atoms. The summed E-state index contributed by atoms with van der Waals surface area (Å²) in [5, 5.41) is 13.8. The number of piperazine rings is 1. The third-order valence-corrected chi connectivity index (χ3v) is 6.39. The maximum Gasteiger partial charge on any atom is 0.298 e. The number of hydrogen-bond acceptors (Lipinski definition) is 7. The Hall–Kier alpha value is -5.09. The molecule has 1 fully saturated rings. The number of benzene rings is 1. The zero-order chi connectivity index (χ0) is 27.4. The fraction of sp³-hybridized carbons (Fsp3) is 0.241. The van der Waals surface area contributed by atoms with Gasteiger partial charge in [0.05, 0.1) is 37.2 Å². The van der Waals surface area contributed by atoms with Crippen LogP contribution in [0.1, 0.15) is 18.1 Å². The van der Waals surface area contributed by atoms with Crippen LogP contribution in [0.4, 0.5) is 10.2 Å². The van der Waals surface area contributed by atoms with Crippen molar-refractivity contribution in [3.05, 3.63) is 71.9 Å². The highest BCUT2D eigenvalue weighted by atomic mass is 19.1. The van der Waals surface area contributed by atoms with Crippen molar-refractivity contribution in [3.8, 4) is 40.5 Å². The Balaban J connectivity index is 1.28. The number of hydrogen-bond donors (Lipinski definition) is 0. The van der Waals surface area contributed by atoms with E-state index in [0.29, 0.717) is 60.9 Å². The first-order valence-corrected chi connectivity index (χ1v) is 12.4.